The van der Waals surface area contributed by atoms with Crippen LogP contribution in [0.4, 0.5) is 0 Å². The van der Waals surface area contributed by atoms with Crippen LogP contribution in [0.3, 0.4) is 0 Å². The minimum Gasteiger partial charge on any atom is -0.339 e. The van der Waals surface area contributed by atoms with Crippen LogP contribution in [0.25, 0.3) is 0 Å². The first-order valence-corrected chi connectivity index (χ1v) is 2.73. The second kappa shape index (κ2) is 4.96. The van der Waals surface area contributed by atoms with E-state index in [1.54, 1.807) is 0 Å². The zero-order valence-corrected chi connectivity index (χ0v) is 6.09. The van der Waals surface area contributed by atoms with Gasteiger partial charge in [0.15, 0.2) is 0 Å². The van der Waals surface area contributed by atoms with Gasteiger partial charge < -0.3 is 14.8 Å². The zero-order valence-electron chi connectivity index (χ0n) is 6.09. The van der Waals surface area contributed by atoms with Crippen LogP contribution < -0.4 is 5.32 Å². The molecule has 0 radical (unpaired) electrons. The van der Waals surface area contributed by atoms with Crippen molar-refractivity contribution in [2.75, 3.05) is 14.2 Å². The molecule has 0 aromatic heterocycles. The Balaban J connectivity index is 3.62. The molecule has 0 unspecified atom stereocenters. The van der Waals surface area contributed by atoms with Crippen LogP contribution in [0, 0.1) is 0 Å². The van der Waals surface area contributed by atoms with Crippen LogP contribution in [0.5, 0.6) is 0 Å². The highest BCUT2D eigenvalue weighted by atomic mass is 16.7. The molecule has 0 aromatic carbocycles. The average Bonchev–Trinajstić information content (AvgIpc) is 1.99. The third-order valence-corrected chi connectivity index (χ3v) is 0.874. The van der Waals surface area contributed by atoms with E-state index in [4.69, 9.17) is 0 Å². The summed E-state index contributed by atoms with van der Waals surface area (Å²) in [6.07, 6.45) is 0.455. The molecule has 0 aliphatic carbocycles. The summed E-state index contributed by atoms with van der Waals surface area (Å²) in [5.41, 5.74) is 0. The smallest absolute Gasteiger partial charge is 0.247 e. The van der Waals surface area contributed by atoms with Crippen molar-refractivity contribution in [3.8, 4) is 0 Å². The van der Waals surface area contributed by atoms with E-state index in [0.29, 0.717) is 0 Å². The second-order valence-electron chi connectivity index (χ2n) is 1.52. The number of hydrogen-bond donors (Lipinski definition) is 1. The highest BCUT2D eigenvalue weighted by Crippen LogP contribution is 1.83. The summed E-state index contributed by atoms with van der Waals surface area (Å²) >= 11 is 0. The fraction of sp³-hybridized carbons (Fsp3) is 0.500. The van der Waals surface area contributed by atoms with E-state index in [9.17, 15) is 4.79 Å². The molecular formula is C6H11NO3. The van der Waals surface area contributed by atoms with Crippen molar-refractivity contribution >= 4 is 5.91 Å². The molecule has 0 rings (SSSR count). The van der Waals surface area contributed by atoms with E-state index in [0.717, 1.165) is 6.08 Å². The third kappa shape index (κ3) is 3.21. The number of rotatable bonds is 4. The molecule has 0 saturated heterocycles. The minimum absolute atomic E-state index is 0.325. The Morgan fingerprint density at radius 3 is 2.40 bits per heavy atom. The number of ether oxygens (including phenoxy) is 2. The molecule has 4 nitrogen and oxygen atoms in total. The lowest BCUT2D eigenvalue weighted by Crippen LogP contribution is -2.36. The summed E-state index contributed by atoms with van der Waals surface area (Å²) in [6.45, 7) is 3.26. The van der Waals surface area contributed by atoms with Crippen LogP contribution in [0.2, 0.25) is 0 Å². The fourth-order valence-electron chi connectivity index (χ4n) is 0.389. The van der Waals surface area contributed by atoms with E-state index in [2.05, 4.69) is 21.4 Å². The first kappa shape index (κ1) is 9.13. The first-order chi connectivity index (χ1) is 4.74. The predicted octanol–water partition coefficient (Wildman–Crippen LogP) is -0.135. The maximum atomic E-state index is 10.6. The van der Waals surface area contributed by atoms with E-state index in [1.807, 2.05) is 0 Å². The van der Waals surface area contributed by atoms with Crippen LogP contribution in [-0.2, 0) is 14.3 Å². The van der Waals surface area contributed by atoms with Gasteiger partial charge in [-0.15, -0.1) is 0 Å². The largest absolute Gasteiger partial charge is 0.339 e. The molecule has 10 heavy (non-hydrogen) atoms. The van der Waals surface area contributed by atoms with Gasteiger partial charge in [0.25, 0.3) is 0 Å². The Kier molecular flexibility index (Phi) is 4.53. The van der Waals surface area contributed by atoms with Gasteiger partial charge in [0, 0.05) is 14.2 Å². The molecule has 0 spiro atoms. The lowest BCUT2D eigenvalue weighted by atomic mass is 10.6. The standard InChI is InChI=1S/C6H11NO3/c1-4-5(8)7-6(9-2)10-3/h4,6H,1H2,2-3H3,(H,7,8). The molecule has 0 saturated carbocycles. The molecule has 58 valence electrons. The number of nitrogens with one attached hydrogen (secondary N) is 1. The molecule has 0 atom stereocenters. The Morgan fingerprint density at radius 1 is 1.60 bits per heavy atom. The number of carbonyl (C=O) groups is 1. The summed E-state index contributed by atoms with van der Waals surface area (Å²) in [5, 5.41) is 2.36. The molecule has 1 amide bonds. The van der Waals surface area contributed by atoms with Gasteiger partial charge in [-0.25, -0.2) is 0 Å². The number of amides is 1. The fourth-order valence-corrected chi connectivity index (χ4v) is 0.389. The van der Waals surface area contributed by atoms with Gasteiger partial charge in [0.2, 0.25) is 12.3 Å². The first-order valence-electron chi connectivity index (χ1n) is 2.73. The maximum Gasteiger partial charge on any atom is 0.247 e. The summed E-state index contributed by atoms with van der Waals surface area (Å²) in [6, 6.07) is 0. The SMILES string of the molecule is C=CC(=O)NC(OC)OC. The van der Waals surface area contributed by atoms with Crippen molar-refractivity contribution in [3.05, 3.63) is 12.7 Å². The van der Waals surface area contributed by atoms with E-state index in [1.165, 1.54) is 14.2 Å². The molecule has 0 heterocycles. The molecule has 0 aromatic rings. The molecule has 0 aliphatic heterocycles. The molecule has 0 fully saturated rings. The summed E-state index contributed by atoms with van der Waals surface area (Å²) < 4.78 is 9.34. The Hall–Kier alpha value is -0.870. The second-order valence-corrected chi connectivity index (χ2v) is 1.52. The molecule has 1 N–H and O–H groups in total. The van der Waals surface area contributed by atoms with Gasteiger partial charge in [-0.2, -0.15) is 0 Å². The highest BCUT2D eigenvalue weighted by molar-refractivity contribution is 5.86. The van der Waals surface area contributed by atoms with Crippen LogP contribution in [0.1, 0.15) is 0 Å². The van der Waals surface area contributed by atoms with Gasteiger partial charge in [-0.05, 0) is 6.08 Å². The van der Waals surface area contributed by atoms with Crippen molar-refractivity contribution in [2.45, 2.75) is 6.41 Å². The summed E-state index contributed by atoms with van der Waals surface area (Å²) in [4.78, 5) is 10.6. The van der Waals surface area contributed by atoms with Crippen LogP contribution in [-0.4, -0.2) is 26.5 Å². The van der Waals surface area contributed by atoms with E-state index < -0.39 is 6.41 Å². The number of hydrogen-bond acceptors (Lipinski definition) is 3. The molecule has 0 bridgehead atoms. The minimum atomic E-state index is -0.689. The van der Waals surface area contributed by atoms with Gasteiger partial charge >= 0.3 is 0 Å². The summed E-state index contributed by atoms with van der Waals surface area (Å²) in [5.74, 6) is -0.325. The predicted molar refractivity (Wildman–Crippen MR) is 36.1 cm³/mol. The van der Waals surface area contributed by atoms with Crippen molar-refractivity contribution in [1.82, 2.24) is 5.32 Å². The van der Waals surface area contributed by atoms with Gasteiger partial charge in [-0.3, -0.25) is 4.79 Å². The monoisotopic (exact) mass is 145 g/mol. The van der Waals surface area contributed by atoms with Crippen LogP contribution in [0.15, 0.2) is 12.7 Å². The Bertz CT molecular complexity index is 120. The lowest BCUT2D eigenvalue weighted by molar-refractivity contribution is -0.144. The van der Waals surface area contributed by atoms with Crippen molar-refractivity contribution in [2.24, 2.45) is 0 Å². The normalized spacial score (nSPS) is 9.50. The highest BCUT2D eigenvalue weighted by Gasteiger charge is 2.04. The number of methoxy groups -OCH3 is 2. The Morgan fingerprint density at radius 2 is 2.10 bits per heavy atom. The third-order valence-electron chi connectivity index (χ3n) is 0.874. The lowest BCUT2D eigenvalue weighted by Gasteiger charge is -2.12. The van der Waals surface area contributed by atoms with E-state index in [-0.39, 0.29) is 5.91 Å². The zero-order chi connectivity index (χ0) is 7.98. The summed E-state index contributed by atoms with van der Waals surface area (Å²) in [7, 11) is 2.86. The van der Waals surface area contributed by atoms with Crippen molar-refractivity contribution < 1.29 is 14.3 Å². The Labute approximate surface area is 59.8 Å². The van der Waals surface area contributed by atoms with E-state index >= 15 is 0 Å². The average molecular weight is 145 g/mol. The van der Waals surface area contributed by atoms with Crippen LogP contribution >= 0.6 is 0 Å². The van der Waals surface area contributed by atoms with Crippen molar-refractivity contribution in [1.29, 1.82) is 0 Å². The maximum absolute atomic E-state index is 10.6. The van der Waals surface area contributed by atoms with Gasteiger partial charge in [-0.1, -0.05) is 6.58 Å². The number of carbonyl (C=O) groups excluding carboxylic acids is 1. The van der Waals surface area contributed by atoms with Gasteiger partial charge in [0.1, 0.15) is 0 Å². The van der Waals surface area contributed by atoms with Gasteiger partial charge in [0.05, 0.1) is 0 Å². The topological polar surface area (TPSA) is 47.6 Å². The molecule has 4 heteroatoms. The van der Waals surface area contributed by atoms with Crippen molar-refractivity contribution in [3.63, 3.8) is 0 Å². The molecule has 0 aliphatic rings. The molecular weight excluding hydrogens is 134 g/mol. The quantitative estimate of drug-likeness (QED) is 0.442.